The number of rotatable bonds is 4. The topological polar surface area (TPSA) is 51.1 Å². The summed E-state index contributed by atoms with van der Waals surface area (Å²) in [6.07, 6.45) is 1.61. The maximum atomic E-state index is 11.7. The van der Waals surface area contributed by atoms with E-state index in [1.54, 1.807) is 12.3 Å². The summed E-state index contributed by atoms with van der Waals surface area (Å²) in [5.41, 5.74) is -0.180. The molecule has 1 aromatic rings. The van der Waals surface area contributed by atoms with Crippen LogP contribution >= 0.6 is 15.9 Å². The van der Waals surface area contributed by atoms with Crippen LogP contribution in [0.1, 0.15) is 20.8 Å². The molecule has 0 radical (unpaired) electrons. The van der Waals surface area contributed by atoms with E-state index >= 15 is 0 Å². The van der Waals surface area contributed by atoms with E-state index in [1.165, 1.54) is 10.6 Å². The van der Waals surface area contributed by atoms with Crippen molar-refractivity contribution in [3.05, 3.63) is 33.2 Å². The molecular formula is C12H17BrN2O2. The lowest BCUT2D eigenvalue weighted by Gasteiger charge is -2.17. The Bertz CT molecular complexity index is 454. The number of hydrogen-bond donors (Lipinski definition) is 1. The highest BCUT2D eigenvalue weighted by atomic mass is 79.9. The molecule has 0 saturated carbocycles. The van der Waals surface area contributed by atoms with E-state index < -0.39 is 0 Å². The van der Waals surface area contributed by atoms with Gasteiger partial charge in [0.15, 0.2) is 0 Å². The van der Waals surface area contributed by atoms with Crippen molar-refractivity contribution in [2.24, 2.45) is 5.92 Å². The molecule has 1 unspecified atom stereocenters. The molecule has 5 heteroatoms. The Kier molecular flexibility index (Phi) is 4.93. The first-order chi connectivity index (χ1) is 7.90. The van der Waals surface area contributed by atoms with Gasteiger partial charge in [-0.2, -0.15) is 0 Å². The molecule has 0 aromatic carbocycles. The Balaban J connectivity index is 2.68. The van der Waals surface area contributed by atoms with E-state index in [0.29, 0.717) is 5.92 Å². The number of pyridine rings is 1. The van der Waals surface area contributed by atoms with E-state index in [1.807, 2.05) is 20.8 Å². The van der Waals surface area contributed by atoms with Gasteiger partial charge in [0.05, 0.1) is 0 Å². The van der Waals surface area contributed by atoms with Crippen LogP contribution in [-0.4, -0.2) is 16.5 Å². The summed E-state index contributed by atoms with van der Waals surface area (Å²) in [5.74, 6) is 0.226. The lowest BCUT2D eigenvalue weighted by atomic mass is 10.1. The third-order valence-electron chi connectivity index (χ3n) is 2.65. The van der Waals surface area contributed by atoms with Gasteiger partial charge in [-0.15, -0.1) is 0 Å². The Labute approximate surface area is 109 Å². The highest BCUT2D eigenvalue weighted by Crippen LogP contribution is 2.05. The van der Waals surface area contributed by atoms with Gasteiger partial charge in [-0.25, -0.2) is 0 Å². The van der Waals surface area contributed by atoms with E-state index in [9.17, 15) is 9.59 Å². The fourth-order valence-corrected chi connectivity index (χ4v) is 1.63. The second-order valence-corrected chi connectivity index (χ2v) is 5.33. The van der Waals surface area contributed by atoms with Gasteiger partial charge < -0.3 is 9.88 Å². The SMILES string of the molecule is CC(C)C(C)NC(=O)Cn1cc(Br)ccc1=O. The highest BCUT2D eigenvalue weighted by Gasteiger charge is 2.11. The third-order valence-corrected chi connectivity index (χ3v) is 3.12. The molecule has 0 fully saturated rings. The molecule has 0 saturated heterocycles. The van der Waals surface area contributed by atoms with Crippen molar-refractivity contribution in [1.82, 2.24) is 9.88 Å². The minimum atomic E-state index is -0.180. The van der Waals surface area contributed by atoms with Gasteiger partial charge in [-0.3, -0.25) is 9.59 Å². The summed E-state index contributed by atoms with van der Waals surface area (Å²) in [5, 5.41) is 2.86. The van der Waals surface area contributed by atoms with Crippen LogP contribution < -0.4 is 10.9 Å². The van der Waals surface area contributed by atoms with Crippen LogP contribution in [0.2, 0.25) is 0 Å². The van der Waals surface area contributed by atoms with Crippen LogP contribution in [0, 0.1) is 5.92 Å². The summed E-state index contributed by atoms with van der Waals surface area (Å²) in [7, 11) is 0. The minimum Gasteiger partial charge on any atom is -0.352 e. The summed E-state index contributed by atoms with van der Waals surface area (Å²) in [6.45, 7) is 6.08. The van der Waals surface area contributed by atoms with Crippen LogP contribution in [-0.2, 0) is 11.3 Å². The summed E-state index contributed by atoms with van der Waals surface area (Å²) < 4.78 is 2.16. The lowest BCUT2D eigenvalue weighted by molar-refractivity contribution is -0.122. The molecule has 1 amide bonds. The summed E-state index contributed by atoms with van der Waals surface area (Å²) >= 11 is 3.27. The Morgan fingerprint density at radius 2 is 2.06 bits per heavy atom. The van der Waals surface area contributed by atoms with Crippen LogP contribution in [0.4, 0.5) is 0 Å². The maximum Gasteiger partial charge on any atom is 0.251 e. The van der Waals surface area contributed by atoms with Gasteiger partial charge in [0.25, 0.3) is 5.56 Å². The number of carbonyl (C=O) groups is 1. The second-order valence-electron chi connectivity index (χ2n) is 4.41. The quantitative estimate of drug-likeness (QED) is 0.921. The molecule has 0 aliphatic carbocycles. The Morgan fingerprint density at radius 1 is 1.41 bits per heavy atom. The number of nitrogens with zero attached hydrogens (tertiary/aromatic N) is 1. The first-order valence-corrected chi connectivity index (χ1v) is 6.35. The largest absolute Gasteiger partial charge is 0.352 e. The number of nitrogens with one attached hydrogen (secondary N) is 1. The number of hydrogen-bond acceptors (Lipinski definition) is 2. The zero-order valence-corrected chi connectivity index (χ0v) is 11.8. The van der Waals surface area contributed by atoms with Gasteiger partial charge in [0, 0.05) is 22.8 Å². The average molecular weight is 301 g/mol. The number of halogens is 1. The molecule has 1 rings (SSSR count). The lowest BCUT2D eigenvalue weighted by Crippen LogP contribution is -2.39. The molecule has 0 aliphatic heterocycles. The van der Waals surface area contributed by atoms with E-state index in [2.05, 4.69) is 21.2 Å². The van der Waals surface area contributed by atoms with Crippen molar-refractivity contribution in [2.75, 3.05) is 0 Å². The van der Waals surface area contributed by atoms with Crippen LogP contribution in [0.25, 0.3) is 0 Å². The number of aromatic nitrogens is 1. The van der Waals surface area contributed by atoms with Crippen molar-refractivity contribution in [3.8, 4) is 0 Å². The molecule has 1 aromatic heterocycles. The molecule has 1 N–H and O–H groups in total. The van der Waals surface area contributed by atoms with Crippen molar-refractivity contribution < 1.29 is 4.79 Å². The molecule has 0 bridgehead atoms. The first-order valence-electron chi connectivity index (χ1n) is 5.55. The molecule has 1 atom stereocenters. The van der Waals surface area contributed by atoms with Crippen LogP contribution in [0.15, 0.2) is 27.6 Å². The van der Waals surface area contributed by atoms with Crippen LogP contribution in [0.5, 0.6) is 0 Å². The number of carbonyl (C=O) groups excluding carboxylic acids is 1. The molecular weight excluding hydrogens is 284 g/mol. The predicted octanol–water partition coefficient (Wildman–Crippen LogP) is 1.77. The minimum absolute atomic E-state index is 0.0509. The summed E-state index contributed by atoms with van der Waals surface area (Å²) in [4.78, 5) is 23.2. The highest BCUT2D eigenvalue weighted by molar-refractivity contribution is 9.10. The molecule has 0 aliphatic rings. The Hall–Kier alpha value is -1.10. The fraction of sp³-hybridized carbons (Fsp3) is 0.500. The first kappa shape index (κ1) is 14.0. The van der Waals surface area contributed by atoms with Crippen molar-refractivity contribution in [2.45, 2.75) is 33.4 Å². The fourth-order valence-electron chi connectivity index (χ4n) is 1.25. The van der Waals surface area contributed by atoms with Gasteiger partial charge in [-0.1, -0.05) is 13.8 Å². The number of amides is 1. The zero-order chi connectivity index (χ0) is 13.0. The predicted molar refractivity (Wildman–Crippen MR) is 70.8 cm³/mol. The van der Waals surface area contributed by atoms with Gasteiger partial charge >= 0.3 is 0 Å². The standard InChI is InChI=1S/C12H17BrN2O2/c1-8(2)9(3)14-11(16)7-15-6-10(13)4-5-12(15)17/h4-6,8-9H,7H2,1-3H3,(H,14,16). The Morgan fingerprint density at radius 3 is 2.65 bits per heavy atom. The zero-order valence-electron chi connectivity index (χ0n) is 10.2. The van der Waals surface area contributed by atoms with E-state index in [4.69, 9.17) is 0 Å². The van der Waals surface area contributed by atoms with Gasteiger partial charge in [0.1, 0.15) is 6.54 Å². The second kappa shape index (κ2) is 6.00. The van der Waals surface area contributed by atoms with Crippen molar-refractivity contribution >= 4 is 21.8 Å². The van der Waals surface area contributed by atoms with Gasteiger partial charge in [0.2, 0.25) is 5.91 Å². The molecule has 94 valence electrons. The molecule has 4 nitrogen and oxygen atoms in total. The monoisotopic (exact) mass is 300 g/mol. The van der Waals surface area contributed by atoms with Gasteiger partial charge in [-0.05, 0) is 34.8 Å². The average Bonchev–Trinajstić information content (AvgIpc) is 2.23. The molecule has 1 heterocycles. The molecule has 0 spiro atoms. The van der Waals surface area contributed by atoms with Crippen molar-refractivity contribution in [1.29, 1.82) is 0 Å². The van der Waals surface area contributed by atoms with E-state index in [-0.39, 0.29) is 24.1 Å². The summed E-state index contributed by atoms with van der Waals surface area (Å²) in [6, 6.07) is 3.20. The smallest absolute Gasteiger partial charge is 0.251 e. The maximum absolute atomic E-state index is 11.7. The van der Waals surface area contributed by atoms with E-state index in [0.717, 1.165) is 4.47 Å². The normalized spacial score (nSPS) is 12.5. The third kappa shape index (κ3) is 4.34. The molecule has 17 heavy (non-hydrogen) atoms. The van der Waals surface area contributed by atoms with Crippen LogP contribution in [0.3, 0.4) is 0 Å². The van der Waals surface area contributed by atoms with Crippen molar-refractivity contribution in [3.63, 3.8) is 0 Å².